The zero-order valence-electron chi connectivity index (χ0n) is 13.2. The molecule has 2 rings (SSSR count). The van der Waals surface area contributed by atoms with Crippen LogP contribution >= 0.6 is 0 Å². The van der Waals surface area contributed by atoms with E-state index in [0.29, 0.717) is 11.8 Å². The number of hydrogen-bond donors (Lipinski definition) is 0. The Morgan fingerprint density at radius 3 is 2.40 bits per heavy atom. The normalized spacial score (nSPS) is 18.6. The lowest BCUT2D eigenvalue weighted by molar-refractivity contribution is 0.120. The molecule has 20 heavy (non-hydrogen) atoms. The van der Waals surface area contributed by atoms with E-state index in [-0.39, 0.29) is 0 Å². The molecular weight excluding hydrogens is 250 g/mol. The third-order valence-electron chi connectivity index (χ3n) is 4.36. The van der Waals surface area contributed by atoms with Crippen LogP contribution in [0.1, 0.15) is 45.2 Å². The maximum atomic E-state index is 5.27. The van der Waals surface area contributed by atoms with Crippen molar-refractivity contribution in [2.45, 2.75) is 39.5 Å². The zero-order valence-corrected chi connectivity index (χ0v) is 13.2. The van der Waals surface area contributed by atoms with Crippen molar-refractivity contribution in [2.24, 2.45) is 11.8 Å². The predicted molar refractivity (Wildman–Crippen MR) is 82.1 cm³/mol. The molecule has 1 unspecified atom stereocenters. The number of anilines is 1. The summed E-state index contributed by atoms with van der Waals surface area (Å²) in [6.07, 6.45) is 2.44. The molecule has 1 aromatic rings. The van der Waals surface area contributed by atoms with Gasteiger partial charge < -0.3 is 9.64 Å². The average Bonchev–Trinajstić information content (AvgIpc) is 2.48. The van der Waals surface area contributed by atoms with Gasteiger partial charge in [-0.05, 0) is 42.7 Å². The van der Waals surface area contributed by atoms with Crippen LogP contribution in [0.25, 0.3) is 0 Å². The summed E-state index contributed by atoms with van der Waals surface area (Å²) in [6, 6.07) is 4.22. The Balaban J connectivity index is 1.90. The number of nitrogens with zero attached hydrogens (tertiary/aromatic N) is 3. The number of methoxy groups -OCH3 is 1. The number of piperidine rings is 1. The molecule has 1 atom stereocenters. The number of hydrogen-bond acceptors (Lipinski definition) is 4. The van der Waals surface area contributed by atoms with Crippen molar-refractivity contribution < 1.29 is 4.74 Å². The highest BCUT2D eigenvalue weighted by molar-refractivity contribution is 5.38. The summed E-state index contributed by atoms with van der Waals surface area (Å²) in [5.74, 6) is 2.88. The summed E-state index contributed by atoms with van der Waals surface area (Å²) in [5, 5.41) is 8.71. The van der Waals surface area contributed by atoms with Crippen LogP contribution in [0.5, 0.6) is 0 Å². The quantitative estimate of drug-likeness (QED) is 0.829. The van der Waals surface area contributed by atoms with E-state index in [9.17, 15) is 0 Å². The van der Waals surface area contributed by atoms with E-state index < -0.39 is 0 Å². The topological polar surface area (TPSA) is 38.2 Å². The minimum atomic E-state index is 0.442. The summed E-state index contributed by atoms with van der Waals surface area (Å²) in [7, 11) is 1.79. The lowest BCUT2D eigenvalue weighted by atomic mass is 9.86. The molecule has 0 aliphatic carbocycles. The van der Waals surface area contributed by atoms with Crippen LogP contribution in [-0.2, 0) is 4.74 Å². The SMILES string of the molecule is COCC(C)C1CCN(c2ccc(C(C)C)nn2)CC1. The Kier molecular flexibility index (Phi) is 5.35. The Morgan fingerprint density at radius 1 is 1.20 bits per heavy atom. The summed E-state index contributed by atoms with van der Waals surface area (Å²) < 4.78 is 5.27. The van der Waals surface area contributed by atoms with Crippen LogP contribution in [0.2, 0.25) is 0 Å². The molecule has 1 aliphatic heterocycles. The molecule has 0 radical (unpaired) electrons. The molecule has 1 fully saturated rings. The molecule has 0 spiro atoms. The molecule has 2 heterocycles. The molecular formula is C16H27N3O. The highest BCUT2D eigenvalue weighted by atomic mass is 16.5. The van der Waals surface area contributed by atoms with Crippen LogP contribution in [0.15, 0.2) is 12.1 Å². The standard InChI is InChI=1S/C16H27N3O/c1-12(2)15-5-6-16(18-17-15)19-9-7-14(8-10-19)13(3)11-20-4/h5-6,12-14H,7-11H2,1-4H3. The van der Waals surface area contributed by atoms with Gasteiger partial charge in [0, 0.05) is 26.8 Å². The van der Waals surface area contributed by atoms with Crippen molar-refractivity contribution in [2.75, 3.05) is 31.7 Å². The van der Waals surface area contributed by atoms with Crippen molar-refractivity contribution in [3.63, 3.8) is 0 Å². The van der Waals surface area contributed by atoms with Gasteiger partial charge in [0.15, 0.2) is 5.82 Å². The highest BCUT2D eigenvalue weighted by Gasteiger charge is 2.24. The molecule has 4 heteroatoms. The molecule has 0 amide bonds. The zero-order chi connectivity index (χ0) is 14.5. The van der Waals surface area contributed by atoms with Gasteiger partial charge in [0.1, 0.15) is 0 Å². The van der Waals surface area contributed by atoms with Crippen LogP contribution in [0.4, 0.5) is 5.82 Å². The monoisotopic (exact) mass is 277 g/mol. The number of aromatic nitrogens is 2. The Bertz CT molecular complexity index is 397. The van der Waals surface area contributed by atoms with E-state index in [0.717, 1.165) is 37.1 Å². The second kappa shape index (κ2) is 7.02. The first-order chi connectivity index (χ1) is 9.61. The van der Waals surface area contributed by atoms with Gasteiger partial charge in [-0.3, -0.25) is 0 Å². The fourth-order valence-electron chi connectivity index (χ4n) is 2.91. The van der Waals surface area contributed by atoms with Crippen LogP contribution in [0, 0.1) is 11.8 Å². The fourth-order valence-corrected chi connectivity index (χ4v) is 2.91. The van der Waals surface area contributed by atoms with Gasteiger partial charge in [-0.15, -0.1) is 5.10 Å². The summed E-state index contributed by atoms with van der Waals surface area (Å²) in [5.41, 5.74) is 1.07. The summed E-state index contributed by atoms with van der Waals surface area (Å²) >= 11 is 0. The van der Waals surface area contributed by atoms with E-state index in [2.05, 4.69) is 48.0 Å². The lowest BCUT2D eigenvalue weighted by Gasteiger charge is -2.35. The second-order valence-electron chi connectivity index (χ2n) is 6.23. The molecule has 0 saturated carbocycles. The molecule has 1 aliphatic rings. The Hall–Kier alpha value is -1.16. The van der Waals surface area contributed by atoms with Crippen molar-refractivity contribution >= 4 is 5.82 Å². The van der Waals surface area contributed by atoms with Crippen molar-refractivity contribution in [1.29, 1.82) is 0 Å². The Morgan fingerprint density at radius 2 is 1.90 bits per heavy atom. The minimum absolute atomic E-state index is 0.442. The molecule has 1 aromatic heterocycles. The number of ether oxygens (including phenoxy) is 1. The van der Waals surface area contributed by atoms with E-state index in [1.54, 1.807) is 7.11 Å². The average molecular weight is 277 g/mol. The molecule has 0 N–H and O–H groups in total. The van der Waals surface area contributed by atoms with Gasteiger partial charge in [0.2, 0.25) is 0 Å². The van der Waals surface area contributed by atoms with E-state index >= 15 is 0 Å². The molecule has 0 aromatic carbocycles. The smallest absolute Gasteiger partial charge is 0.151 e. The maximum Gasteiger partial charge on any atom is 0.151 e. The van der Waals surface area contributed by atoms with E-state index in [1.165, 1.54) is 12.8 Å². The highest BCUT2D eigenvalue weighted by Crippen LogP contribution is 2.27. The van der Waals surface area contributed by atoms with Gasteiger partial charge in [0.25, 0.3) is 0 Å². The minimum Gasteiger partial charge on any atom is -0.384 e. The van der Waals surface area contributed by atoms with Gasteiger partial charge in [0.05, 0.1) is 5.69 Å². The first-order valence-electron chi connectivity index (χ1n) is 7.69. The van der Waals surface area contributed by atoms with Crippen molar-refractivity contribution in [3.8, 4) is 0 Å². The van der Waals surface area contributed by atoms with Gasteiger partial charge in [-0.2, -0.15) is 5.10 Å². The van der Waals surface area contributed by atoms with Gasteiger partial charge >= 0.3 is 0 Å². The first-order valence-corrected chi connectivity index (χ1v) is 7.69. The van der Waals surface area contributed by atoms with Crippen LogP contribution in [0.3, 0.4) is 0 Å². The largest absolute Gasteiger partial charge is 0.384 e. The third kappa shape index (κ3) is 3.69. The fraction of sp³-hybridized carbons (Fsp3) is 0.750. The van der Waals surface area contributed by atoms with Gasteiger partial charge in [-0.25, -0.2) is 0 Å². The Labute approximate surface area is 122 Å². The van der Waals surface area contributed by atoms with Crippen LogP contribution < -0.4 is 4.90 Å². The summed E-state index contributed by atoms with van der Waals surface area (Å²) in [6.45, 7) is 9.61. The second-order valence-corrected chi connectivity index (χ2v) is 6.23. The third-order valence-corrected chi connectivity index (χ3v) is 4.36. The van der Waals surface area contributed by atoms with Gasteiger partial charge in [-0.1, -0.05) is 20.8 Å². The lowest BCUT2D eigenvalue weighted by Crippen LogP contribution is -2.37. The molecule has 4 nitrogen and oxygen atoms in total. The first kappa shape index (κ1) is 15.2. The maximum absolute atomic E-state index is 5.27. The van der Waals surface area contributed by atoms with E-state index in [4.69, 9.17) is 4.74 Å². The van der Waals surface area contributed by atoms with Crippen LogP contribution in [-0.4, -0.2) is 37.0 Å². The molecule has 112 valence electrons. The predicted octanol–water partition coefficient (Wildman–Crippen LogP) is 3.10. The van der Waals surface area contributed by atoms with Crippen molar-refractivity contribution in [3.05, 3.63) is 17.8 Å². The molecule has 1 saturated heterocycles. The van der Waals surface area contributed by atoms with Crippen molar-refractivity contribution in [1.82, 2.24) is 10.2 Å². The van der Waals surface area contributed by atoms with E-state index in [1.807, 2.05) is 0 Å². The number of rotatable bonds is 5. The summed E-state index contributed by atoms with van der Waals surface area (Å²) in [4.78, 5) is 2.35. The molecule has 0 bridgehead atoms.